The SMILES string of the molecule is Cc1ccc(C(=O)Nc2cccc(CNC(=O)[C@@H]3CCC[C@@H]3CN)c2)cc1.Cl. The van der Waals surface area contributed by atoms with Gasteiger partial charge in [-0.25, -0.2) is 0 Å². The Morgan fingerprint density at radius 1 is 1.11 bits per heavy atom. The van der Waals surface area contributed by atoms with E-state index in [4.69, 9.17) is 5.73 Å². The molecule has 2 amide bonds. The van der Waals surface area contributed by atoms with Gasteiger partial charge >= 0.3 is 0 Å². The average Bonchev–Trinajstić information content (AvgIpc) is 3.16. The zero-order chi connectivity index (χ0) is 19.2. The predicted molar refractivity (Wildman–Crippen MR) is 115 cm³/mol. The van der Waals surface area contributed by atoms with E-state index in [0.717, 1.165) is 30.4 Å². The molecule has 150 valence electrons. The summed E-state index contributed by atoms with van der Waals surface area (Å²) >= 11 is 0. The van der Waals surface area contributed by atoms with E-state index < -0.39 is 0 Å². The molecular formula is C22H28ClN3O2. The largest absolute Gasteiger partial charge is 0.352 e. The van der Waals surface area contributed by atoms with Crippen LogP contribution in [0.2, 0.25) is 0 Å². The van der Waals surface area contributed by atoms with Crippen LogP contribution in [0.4, 0.5) is 5.69 Å². The summed E-state index contributed by atoms with van der Waals surface area (Å²) in [6.45, 7) is 3.00. The summed E-state index contributed by atoms with van der Waals surface area (Å²) in [7, 11) is 0. The Labute approximate surface area is 172 Å². The van der Waals surface area contributed by atoms with E-state index in [0.29, 0.717) is 30.3 Å². The molecular weight excluding hydrogens is 374 g/mol. The molecule has 0 bridgehead atoms. The number of aryl methyl sites for hydroxylation is 1. The van der Waals surface area contributed by atoms with Crippen LogP contribution in [-0.2, 0) is 11.3 Å². The van der Waals surface area contributed by atoms with Crippen LogP contribution in [0.1, 0.15) is 40.7 Å². The number of anilines is 1. The van der Waals surface area contributed by atoms with Crippen LogP contribution >= 0.6 is 12.4 Å². The van der Waals surface area contributed by atoms with Gasteiger partial charge in [-0.1, -0.05) is 36.2 Å². The maximum atomic E-state index is 12.4. The second-order valence-electron chi connectivity index (χ2n) is 7.27. The Hall–Kier alpha value is -2.37. The molecule has 2 atom stereocenters. The van der Waals surface area contributed by atoms with Gasteiger partial charge in [0.15, 0.2) is 0 Å². The summed E-state index contributed by atoms with van der Waals surface area (Å²) in [5, 5.41) is 5.93. The third-order valence-corrected chi connectivity index (χ3v) is 5.26. The Balaban J connectivity index is 0.00000280. The standard InChI is InChI=1S/C22H27N3O2.ClH/c1-15-8-10-17(11-9-15)21(26)25-19-6-2-4-16(12-19)14-24-22(27)20-7-3-5-18(20)13-23;/h2,4,6,8-12,18,20H,3,5,7,13-14,23H2,1H3,(H,24,27)(H,25,26);1H/t18-,20-;/m1./s1. The van der Waals surface area contributed by atoms with E-state index in [1.54, 1.807) is 0 Å². The highest BCUT2D eigenvalue weighted by Gasteiger charge is 2.31. The molecule has 1 saturated carbocycles. The van der Waals surface area contributed by atoms with Gasteiger partial charge in [0.25, 0.3) is 5.91 Å². The van der Waals surface area contributed by atoms with Crippen molar-refractivity contribution in [3.63, 3.8) is 0 Å². The summed E-state index contributed by atoms with van der Waals surface area (Å²) in [6, 6.07) is 15.0. The Kier molecular flexibility index (Phi) is 8.03. The summed E-state index contributed by atoms with van der Waals surface area (Å²) in [4.78, 5) is 24.8. The highest BCUT2D eigenvalue weighted by Crippen LogP contribution is 2.31. The normalized spacial score (nSPS) is 18.2. The van der Waals surface area contributed by atoms with E-state index in [1.807, 2.05) is 55.5 Å². The molecule has 2 aromatic rings. The van der Waals surface area contributed by atoms with Gasteiger partial charge in [0, 0.05) is 23.7 Å². The fourth-order valence-corrected chi connectivity index (χ4v) is 3.65. The molecule has 4 N–H and O–H groups in total. The highest BCUT2D eigenvalue weighted by atomic mass is 35.5. The van der Waals surface area contributed by atoms with Gasteiger partial charge in [0.1, 0.15) is 0 Å². The van der Waals surface area contributed by atoms with Gasteiger partial charge in [-0.15, -0.1) is 12.4 Å². The Morgan fingerprint density at radius 3 is 2.57 bits per heavy atom. The number of hydrogen-bond acceptors (Lipinski definition) is 3. The molecule has 1 aliphatic rings. The van der Waals surface area contributed by atoms with Gasteiger partial charge in [-0.2, -0.15) is 0 Å². The van der Waals surface area contributed by atoms with E-state index in [1.165, 1.54) is 0 Å². The second kappa shape index (κ2) is 10.2. The number of amides is 2. The van der Waals surface area contributed by atoms with E-state index >= 15 is 0 Å². The van der Waals surface area contributed by atoms with E-state index in [-0.39, 0.29) is 30.1 Å². The molecule has 0 heterocycles. The van der Waals surface area contributed by atoms with Crippen molar-refractivity contribution in [2.45, 2.75) is 32.7 Å². The quantitative estimate of drug-likeness (QED) is 0.690. The van der Waals surface area contributed by atoms with Crippen molar-refractivity contribution in [1.29, 1.82) is 0 Å². The number of benzene rings is 2. The van der Waals surface area contributed by atoms with E-state index in [9.17, 15) is 9.59 Å². The van der Waals surface area contributed by atoms with Crippen LogP contribution in [0.25, 0.3) is 0 Å². The minimum Gasteiger partial charge on any atom is -0.352 e. The van der Waals surface area contributed by atoms with Gasteiger partial charge in [0.05, 0.1) is 0 Å². The molecule has 0 aromatic heterocycles. The van der Waals surface area contributed by atoms with Gasteiger partial charge in [0.2, 0.25) is 5.91 Å². The lowest BCUT2D eigenvalue weighted by atomic mass is 9.95. The molecule has 0 radical (unpaired) electrons. The molecule has 0 aliphatic heterocycles. The number of carbonyl (C=O) groups excluding carboxylic acids is 2. The zero-order valence-corrected chi connectivity index (χ0v) is 16.9. The minimum absolute atomic E-state index is 0. The molecule has 2 aromatic carbocycles. The van der Waals surface area contributed by atoms with Crippen LogP contribution in [0.3, 0.4) is 0 Å². The van der Waals surface area contributed by atoms with Crippen molar-refractivity contribution < 1.29 is 9.59 Å². The number of nitrogens with one attached hydrogen (secondary N) is 2. The van der Waals surface area contributed by atoms with Crippen molar-refractivity contribution >= 4 is 29.9 Å². The molecule has 3 rings (SSSR count). The maximum Gasteiger partial charge on any atom is 0.255 e. The number of carbonyl (C=O) groups is 2. The Morgan fingerprint density at radius 2 is 1.86 bits per heavy atom. The molecule has 0 spiro atoms. The smallest absolute Gasteiger partial charge is 0.255 e. The third-order valence-electron chi connectivity index (χ3n) is 5.26. The van der Waals surface area contributed by atoms with Crippen LogP contribution in [0.15, 0.2) is 48.5 Å². The van der Waals surface area contributed by atoms with Gasteiger partial charge in [-0.05, 0) is 62.1 Å². The van der Waals surface area contributed by atoms with Crippen molar-refractivity contribution in [2.24, 2.45) is 17.6 Å². The lowest BCUT2D eigenvalue weighted by Crippen LogP contribution is -2.34. The second-order valence-corrected chi connectivity index (χ2v) is 7.27. The molecule has 28 heavy (non-hydrogen) atoms. The molecule has 0 saturated heterocycles. The zero-order valence-electron chi connectivity index (χ0n) is 16.1. The topological polar surface area (TPSA) is 84.2 Å². The lowest BCUT2D eigenvalue weighted by molar-refractivity contribution is -0.126. The fraction of sp³-hybridized carbons (Fsp3) is 0.364. The average molecular weight is 402 g/mol. The van der Waals surface area contributed by atoms with Crippen molar-refractivity contribution in [2.75, 3.05) is 11.9 Å². The van der Waals surface area contributed by atoms with Crippen LogP contribution in [0.5, 0.6) is 0 Å². The first-order valence-corrected chi connectivity index (χ1v) is 9.51. The van der Waals surface area contributed by atoms with Crippen molar-refractivity contribution in [3.05, 3.63) is 65.2 Å². The molecule has 1 aliphatic carbocycles. The fourth-order valence-electron chi connectivity index (χ4n) is 3.65. The molecule has 1 fully saturated rings. The first kappa shape index (κ1) is 21.9. The lowest BCUT2D eigenvalue weighted by Gasteiger charge is -2.17. The first-order valence-electron chi connectivity index (χ1n) is 9.51. The number of nitrogens with two attached hydrogens (primary N) is 1. The van der Waals surface area contributed by atoms with Crippen LogP contribution in [-0.4, -0.2) is 18.4 Å². The maximum absolute atomic E-state index is 12.4. The molecule has 6 heteroatoms. The van der Waals surface area contributed by atoms with Crippen molar-refractivity contribution in [3.8, 4) is 0 Å². The van der Waals surface area contributed by atoms with Crippen LogP contribution < -0.4 is 16.4 Å². The summed E-state index contributed by atoms with van der Waals surface area (Å²) in [5.41, 5.74) is 9.17. The molecule has 0 unspecified atom stereocenters. The van der Waals surface area contributed by atoms with Crippen molar-refractivity contribution in [1.82, 2.24) is 5.32 Å². The van der Waals surface area contributed by atoms with Gasteiger partial charge in [-0.3, -0.25) is 9.59 Å². The monoisotopic (exact) mass is 401 g/mol. The number of halogens is 1. The Bertz CT molecular complexity index is 808. The first-order chi connectivity index (χ1) is 13.1. The summed E-state index contributed by atoms with van der Waals surface area (Å²) in [6.07, 6.45) is 3.02. The number of rotatable bonds is 6. The molecule has 5 nitrogen and oxygen atoms in total. The van der Waals surface area contributed by atoms with Gasteiger partial charge < -0.3 is 16.4 Å². The minimum atomic E-state index is -0.145. The predicted octanol–water partition coefficient (Wildman–Crippen LogP) is 3.66. The highest BCUT2D eigenvalue weighted by molar-refractivity contribution is 6.04. The number of hydrogen-bond donors (Lipinski definition) is 3. The van der Waals surface area contributed by atoms with E-state index in [2.05, 4.69) is 10.6 Å². The summed E-state index contributed by atoms with van der Waals surface area (Å²) in [5.74, 6) is 0.259. The van der Waals surface area contributed by atoms with Crippen LogP contribution in [0, 0.1) is 18.8 Å². The third kappa shape index (κ3) is 5.57. The summed E-state index contributed by atoms with van der Waals surface area (Å²) < 4.78 is 0.